The Morgan fingerprint density at radius 3 is 2.64 bits per heavy atom. The Hall–Kier alpha value is -0.800. The van der Waals surface area contributed by atoms with E-state index in [0.717, 1.165) is 0 Å². The highest BCUT2D eigenvalue weighted by Crippen LogP contribution is 2.41. The molecule has 0 aliphatic heterocycles. The zero-order valence-electron chi connectivity index (χ0n) is 7.43. The van der Waals surface area contributed by atoms with Crippen molar-refractivity contribution in [1.29, 1.82) is 0 Å². The second-order valence-electron chi connectivity index (χ2n) is 3.76. The molecule has 1 saturated carbocycles. The Bertz CT molecular complexity index is 375. The molecule has 0 heterocycles. The third-order valence-corrected chi connectivity index (χ3v) is 2.81. The molecule has 4 heteroatoms. The molecule has 2 nitrogen and oxygen atoms in total. The number of halogens is 2. The topological polar surface area (TPSA) is 40.5 Å². The number of aromatic hydroxyl groups is 1. The number of rotatable bonds is 2. The molecule has 0 atom stereocenters. The maximum absolute atomic E-state index is 13.3. The monoisotopic (exact) mass is 216 g/mol. The zero-order chi connectivity index (χ0) is 10.3. The van der Waals surface area contributed by atoms with Crippen molar-refractivity contribution in [2.75, 3.05) is 0 Å². The van der Waals surface area contributed by atoms with Crippen molar-refractivity contribution >= 4 is 11.6 Å². The highest BCUT2D eigenvalue weighted by molar-refractivity contribution is 6.32. The van der Waals surface area contributed by atoms with Gasteiger partial charge < -0.3 is 10.2 Å². The second-order valence-corrected chi connectivity index (χ2v) is 4.16. The molecule has 1 aliphatic rings. The van der Waals surface area contributed by atoms with Crippen LogP contribution in [0.2, 0.25) is 5.02 Å². The van der Waals surface area contributed by atoms with E-state index in [2.05, 4.69) is 0 Å². The summed E-state index contributed by atoms with van der Waals surface area (Å²) in [5.74, 6) is -0.779. The molecule has 0 spiro atoms. The summed E-state index contributed by atoms with van der Waals surface area (Å²) in [5, 5.41) is 19.2. The Labute approximate surface area is 85.9 Å². The van der Waals surface area contributed by atoms with Crippen LogP contribution < -0.4 is 0 Å². The normalized spacial score (nSPS) is 18.2. The summed E-state index contributed by atoms with van der Waals surface area (Å²) < 4.78 is 13.3. The van der Waals surface area contributed by atoms with Crippen LogP contribution in [0.5, 0.6) is 5.75 Å². The van der Waals surface area contributed by atoms with E-state index in [9.17, 15) is 14.6 Å². The first kappa shape index (κ1) is 9.74. The van der Waals surface area contributed by atoms with Gasteiger partial charge in [0.25, 0.3) is 0 Å². The number of phenolic OH excluding ortho intramolecular Hbond substituents is 1. The SMILES string of the molecule is Oc1c(Cl)ccc(F)c1CC1(O)CC1. The van der Waals surface area contributed by atoms with Crippen LogP contribution in [-0.4, -0.2) is 15.8 Å². The summed E-state index contributed by atoms with van der Waals surface area (Å²) in [5.41, 5.74) is -0.722. The highest BCUT2D eigenvalue weighted by atomic mass is 35.5. The lowest BCUT2D eigenvalue weighted by atomic mass is 10.0. The van der Waals surface area contributed by atoms with Gasteiger partial charge in [-0.25, -0.2) is 4.39 Å². The van der Waals surface area contributed by atoms with E-state index in [4.69, 9.17) is 11.6 Å². The molecule has 1 aromatic rings. The van der Waals surface area contributed by atoms with Gasteiger partial charge in [0.05, 0.1) is 10.6 Å². The fraction of sp³-hybridized carbons (Fsp3) is 0.400. The largest absolute Gasteiger partial charge is 0.506 e. The van der Waals surface area contributed by atoms with Crippen LogP contribution in [0, 0.1) is 5.82 Å². The Kier molecular flexibility index (Phi) is 2.16. The average molecular weight is 217 g/mol. The van der Waals surface area contributed by atoms with Crippen LogP contribution in [-0.2, 0) is 6.42 Å². The number of hydrogen-bond donors (Lipinski definition) is 2. The summed E-state index contributed by atoms with van der Waals surface area (Å²) in [4.78, 5) is 0. The third kappa shape index (κ3) is 1.70. The van der Waals surface area contributed by atoms with Gasteiger partial charge in [0.15, 0.2) is 0 Å². The predicted octanol–water partition coefficient (Wildman–Crippen LogP) is 2.25. The standard InChI is InChI=1S/C10H10ClFO2/c11-7-1-2-8(12)6(9(7)13)5-10(14)3-4-10/h1-2,13-14H,3-5H2. The van der Waals surface area contributed by atoms with Gasteiger partial charge in [-0.1, -0.05) is 11.6 Å². The van der Waals surface area contributed by atoms with Crippen molar-refractivity contribution in [3.63, 3.8) is 0 Å². The number of aliphatic hydroxyl groups is 1. The summed E-state index contributed by atoms with van der Waals surface area (Å²) >= 11 is 5.64. The van der Waals surface area contributed by atoms with Gasteiger partial charge in [0, 0.05) is 12.0 Å². The van der Waals surface area contributed by atoms with Gasteiger partial charge in [0.1, 0.15) is 11.6 Å². The smallest absolute Gasteiger partial charge is 0.140 e. The molecule has 2 rings (SSSR count). The van der Waals surface area contributed by atoms with Crippen molar-refractivity contribution in [3.8, 4) is 5.75 Å². The van der Waals surface area contributed by atoms with Crippen LogP contribution in [0.3, 0.4) is 0 Å². The van der Waals surface area contributed by atoms with E-state index >= 15 is 0 Å². The highest BCUT2D eigenvalue weighted by Gasteiger charge is 2.41. The molecule has 0 amide bonds. The number of benzene rings is 1. The molecule has 1 aromatic carbocycles. The molecular weight excluding hydrogens is 207 g/mol. The zero-order valence-corrected chi connectivity index (χ0v) is 8.18. The fourth-order valence-corrected chi connectivity index (χ4v) is 1.58. The molecule has 0 bridgehead atoms. The lowest BCUT2D eigenvalue weighted by molar-refractivity contribution is 0.148. The van der Waals surface area contributed by atoms with E-state index in [0.29, 0.717) is 12.8 Å². The summed E-state index contributed by atoms with van der Waals surface area (Å²) in [6, 6.07) is 2.50. The Balaban J connectivity index is 2.35. The van der Waals surface area contributed by atoms with Crippen molar-refractivity contribution in [3.05, 3.63) is 28.5 Å². The van der Waals surface area contributed by atoms with Crippen molar-refractivity contribution in [2.24, 2.45) is 0 Å². The first-order valence-electron chi connectivity index (χ1n) is 4.40. The van der Waals surface area contributed by atoms with Gasteiger partial charge in [0.2, 0.25) is 0 Å². The van der Waals surface area contributed by atoms with Crippen LogP contribution in [0.4, 0.5) is 4.39 Å². The minimum absolute atomic E-state index is 0.109. The van der Waals surface area contributed by atoms with Gasteiger partial charge in [-0.05, 0) is 25.0 Å². The first-order valence-corrected chi connectivity index (χ1v) is 4.78. The molecular formula is C10H10ClFO2. The van der Waals surface area contributed by atoms with E-state index < -0.39 is 11.4 Å². The molecule has 0 radical (unpaired) electrons. The molecule has 1 aliphatic carbocycles. The van der Waals surface area contributed by atoms with Gasteiger partial charge >= 0.3 is 0 Å². The molecule has 14 heavy (non-hydrogen) atoms. The number of phenols is 1. The van der Waals surface area contributed by atoms with Crippen LogP contribution >= 0.6 is 11.6 Å². The van der Waals surface area contributed by atoms with E-state index in [1.54, 1.807) is 0 Å². The third-order valence-electron chi connectivity index (χ3n) is 2.51. The molecule has 76 valence electrons. The van der Waals surface area contributed by atoms with Crippen LogP contribution in [0.1, 0.15) is 18.4 Å². The number of hydrogen-bond acceptors (Lipinski definition) is 2. The lowest BCUT2D eigenvalue weighted by Gasteiger charge is -2.11. The van der Waals surface area contributed by atoms with Crippen molar-refractivity contribution in [1.82, 2.24) is 0 Å². The fourth-order valence-electron chi connectivity index (χ4n) is 1.40. The minimum Gasteiger partial charge on any atom is -0.506 e. The van der Waals surface area contributed by atoms with Crippen molar-refractivity contribution < 1.29 is 14.6 Å². The molecule has 0 aromatic heterocycles. The van der Waals surface area contributed by atoms with Gasteiger partial charge in [-0.3, -0.25) is 0 Å². The predicted molar refractivity (Wildman–Crippen MR) is 51.0 cm³/mol. The summed E-state index contributed by atoms with van der Waals surface area (Å²) in [7, 11) is 0. The summed E-state index contributed by atoms with van der Waals surface area (Å²) in [6.07, 6.45) is 1.43. The van der Waals surface area contributed by atoms with E-state index in [-0.39, 0.29) is 22.8 Å². The lowest BCUT2D eigenvalue weighted by Crippen LogP contribution is -2.12. The molecule has 1 fully saturated rings. The Morgan fingerprint density at radius 1 is 1.43 bits per heavy atom. The van der Waals surface area contributed by atoms with Crippen LogP contribution in [0.15, 0.2) is 12.1 Å². The average Bonchev–Trinajstić information content (AvgIpc) is 2.86. The maximum Gasteiger partial charge on any atom is 0.140 e. The van der Waals surface area contributed by atoms with Crippen LogP contribution in [0.25, 0.3) is 0 Å². The van der Waals surface area contributed by atoms with Crippen molar-refractivity contribution in [2.45, 2.75) is 24.9 Å². The molecule has 0 unspecified atom stereocenters. The maximum atomic E-state index is 13.3. The van der Waals surface area contributed by atoms with Gasteiger partial charge in [-0.15, -0.1) is 0 Å². The van der Waals surface area contributed by atoms with E-state index in [1.807, 2.05) is 0 Å². The molecule has 0 saturated heterocycles. The van der Waals surface area contributed by atoms with Gasteiger partial charge in [-0.2, -0.15) is 0 Å². The first-order chi connectivity index (χ1) is 6.52. The second kappa shape index (κ2) is 3.11. The van der Waals surface area contributed by atoms with E-state index in [1.165, 1.54) is 12.1 Å². The summed E-state index contributed by atoms with van der Waals surface area (Å²) in [6.45, 7) is 0. The molecule has 2 N–H and O–H groups in total. The quantitative estimate of drug-likeness (QED) is 0.796. The Morgan fingerprint density at radius 2 is 2.07 bits per heavy atom. The minimum atomic E-state index is -0.830.